The van der Waals surface area contributed by atoms with Gasteiger partial charge in [0, 0.05) is 11.4 Å². The first-order chi connectivity index (χ1) is 16.3. The SMILES string of the molecule is CCOc1ccc(C2CC(CNS(=O)(=O)c3ccccc3F)=NN2c2ccc(Cl)cc2Cl)cc1. The third-order valence-corrected chi connectivity index (χ3v) is 7.27. The summed E-state index contributed by atoms with van der Waals surface area (Å²) in [6.45, 7) is 2.40. The lowest BCUT2D eigenvalue weighted by molar-refractivity contribution is 0.340. The smallest absolute Gasteiger partial charge is 0.243 e. The zero-order valence-electron chi connectivity index (χ0n) is 18.2. The van der Waals surface area contributed by atoms with E-state index in [4.69, 9.17) is 27.9 Å². The van der Waals surface area contributed by atoms with Crippen molar-refractivity contribution in [2.75, 3.05) is 18.2 Å². The van der Waals surface area contributed by atoms with Gasteiger partial charge in [0.15, 0.2) is 0 Å². The molecule has 0 aromatic heterocycles. The quantitative estimate of drug-likeness (QED) is 0.405. The summed E-state index contributed by atoms with van der Waals surface area (Å²) >= 11 is 12.5. The molecule has 0 saturated heterocycles. The minimum atomic E-state index is -4.05. The highest BCUT2D eigenvalue weighted by Crippen LogP contribution is 2.40. The average molecular weight is 522 g/mol. The van der Waals surface area contributed by atoms with Gasteiger partial charge in [0.05, 0.1) is 35.6 Å². The topological polar surface area (TPSA) is 71.0 Å². The maximum absolute atomic E-state index is 14.0. The van der Waals surface area contributed by atoms with Crippen LogP contribution >= 0.6 is 23.2 Å². The fourth-order valence-electron chi connectivity index (χ4n) is 3.70. The number of hydrogen-bond acceptors (Lipinski definition) is 5. The minimum absolute atomic E-state index is 0.0775. The molecule has 3 aromatic rings. The molecule has 178 valence electrons. The monoisotopic (exact) mass is 521 g/mol. The Kier molecular flexibility index (Phi) is 7.42. The summed E-state index contributed by atoms with van der Waals surface area (Å²) in [6, 6.07) is 17.7. The highest BCUT2D eigenvalue weighted by Gasteiger charge is 2.31. The van der Waals surface area contributed by atoms with Gasteiger partial charge in [-0.3, -0.25) is 5.01 Å². The Balaban J connectivity index is 1.61. The summed E-state index contributed by atoms with van der Waals surface area (Å²) in [5.74, 6) is -0.0655. The van der Waals surface area contributed by atoms with Crippen molar-refractivity contribution in [3.63, 3.8) is 0 Å². The van der Waals surface area contributed by atoms with Crippen molar-refractivity contribution in [3.05, 3.63) is 88.2 Å². The van der Waals surface area contributed by atoms with Gasteiger partial charge in [-0.15, -0.1) is 0 Å². The van der Waals surface area contributed by atoms with Crippen LogP contribution in [-0.4, -0.2) is 27.3 Å². The van der Waals surface area contributed by atoms with Crippen LogP contribution in [0.3, 0.4) is 0 Å². The van der Waals surface area contributed by atoms with Crippen LogP contribution in [0.4, 0.5) is 10.1 Å². The maximum Gasteiger partial charge on any atom is 0.243 e. The number of ether oxygens (including phenoxy) is 1. The van der Waals surface area contributed by atoms with Crippen molar-refractivity contribution in [3.8, 4) is 5.75 Å². The summed E-state index contributed by atoms with van der Waals surface area (Å²) in [6.07, 6.45) is 0.437. The van der Waals surface area contributed by atoms with Crippen LogP contribution < -0.4 is 14.5 Å². The van der Waals surface area contributed by atoms with E-state index >= 15 is 0 Å². The molecule has 0 aliphatic carbocycles. The van der Waals surface area contributed by atoms with Crippen molar-refractivity contribution in [2.45, 2.75) is 24.3 Å². The van der Waals surface area contributed by atoms with E-state index < -0.39 is 20.7 Å². The van der Waals surface area contributed by atoms with Crippen LogP contribution in [0.2, 0.25) is 10.0 Å². The van der Waals surface area contributed by atoms with E-state index in [-0.39, 0.29) is 12.6 Å². The number of hydrogen-bond donors (Lipinski definition) is 1. The lowest BCUT2D eigenvalue weighted by Gasteiger charge is -2.25. The average Bonchev–Trinajstić information content (AvgIpc) is 3.23. The van der Waals surface area contributed by atoms with Gasteiger partial charge in [0.2, 0.25) is 10.0 Å². The van der Waals surface area contributed by atoms with Crippen molar-refractivity contribution >= 4 is 44.6 Å². The molecule has 0 radical (unpaired) electrons. The highest BCUT2D eigenvalue weighted by atomic mass is 35.5. The van der Waals surface area contributed by atoms with Gasteiger partial charge >= 0.3 is 0 Å². The summed E-state index contributed by atoms with van der Waals surface area (Å²) in [7, 11) is -4.05. The van der Waals surface area contributed by atoms with Gasteiger partial charge in [-0.2, -0.15) is 5.10 Å². The molecule has 0 fully saturated rings. The van der Waals surface area contributed by atoms with E-state index in [0.717, 1.165) is 17.4 Å². The van der Waals surface area contributed by atoms with Crippen molar-refractivity contribution in [2.24, 2.45) is 5.10 Å². The minimum Gasteiger partial charge on any atom is -0.494 e. The van der Waals surface area contributed by atoms with Gasteiger partial charge in [-0.1, -0.05) is 47.5 Å². The predicted molar refractivity (Wildman–Crippen MR) is 133 cm³/mol. The van der Waals surface area contributed by atoms with Crippen LogP contribution in [0.5, 0.6) is 5.75 Å². The fourth-order valence-corrected chi connectivity index (χ4v) is 5.29. The van der Waals surface area contributed by atoms with E-state index in [0.29, 0.717) is 34.5 Å². The van der Waals surface area contributed by atoms with Gasteiger partial charge < -0.3 is 4.74 Å². The molecule has 1 aliphatic rings. The number of hydrazone groups is 1. The van der Waals surface area contributed by atoms with Gasteiger partial charge in [-0.05, 0) is 55.0 Å². The molecular weight excluding hydrogens is 500 g/mol. The zero-order chi connectivity index (χ0) is 24.3. The first kappa shape index (κ1) is 24.5. The van der Waals surface area contributed by atoms with E-state index in [9.17, 15) is 12.8 Å². The Morgan fingerprint density at radius 2 is 1.85 bits per heavy atom. The standard InChI is InChI=1S/C24H22Cl2FN3O3S/c1-2-33-19-10-7-16(8-11-19)23-14-18(29-30(23)22-12-9-17(25)13-20(22)26)15-28-34(31,32)24-6-4-3-5-21(24)27/h3-13,23,28H,2,14-15H2,1H3. The molecule has 4 rings (SSSR count). The van der Waals surface area contributed by atoms with Gasteiger partial charge in [-0.25, -0.2) is 17.5 Å². The molecule has 0 saturated carbocycles. The molecule has 0 spiro atoms. The molecule has 1 aliphatic heterocycles. The second kappa shape index (κ2) is 10.3. The molecule has 1 heterocycles. The number of halogens is 3. The molecule has 0 amide bonds. The maximum atomic E-state index is 14.0. The zero-order valence-corrected chi connectivity index (χ0v) is 20.5. The van der Waals surface area contributed by atoms with E-state index in [2.05, 4.69) is 9.82 Å². The van der Waals surface area contributed by atoms with Crippen LogP contribution in [0, 0.1) is 5.82 Å². The summed E-state index contributed by atoms with van der Waals surface area (Å²) in [5.41, 5.74) is 2.16. The van der Waals surface area contributed by atoms with Crippen molar-refractivity contribution in [1.29, 1.82) is 0 Å². The summed E-state index contributed by atoms with van der Waals surface area (Å²) in [5, 5.41) is 7.32. The number of nitrogens with zero attached hydrogens (tertiary/aromatic N) is 2. The second-order valence-corrected chi connectivity index (χ2v) is 10.2. The number of anilines is 1. The molecule has 0 bridgehead atoms. The fraction of sp³-hybridized carbons (Fsp3) is 0.208. The number of rotatable bonds is 8. The second-order valence-electron chi connectivity index (χ2n) is 7.58. The number of sulfonamides is 1. The van der Waals surface area contributed by atoms with E-state index in [1.54, 1.807) is 23.2 Å². The van der Waals surface area contributed by atoms with Crippen LogP contribution in [0.15, 0.2) is 76.7 Å². The van der Waals surface area contributed by atoms with Crippen LogP contribution in [-0.2, 0) is 10.0 Å². The highest BCUT2D eigenvalue weighted by molar-refractivity contribution is 7.89. The molecule has 1 atom stereocenters. The van der Waals surface area contributed by atoms with E-state index in [1.165, 1.54) is 18.2 Å². The summed E-state index contributed by atoms with van der Waals surface area (Å²) < 4.78 is 47.3. The molecule has 34 heavy (non-hydrogen) atoms. The Morgan fingerprint density at radius 1 is 1.12 bits per heavy atom. The van der Waals surface area contributed by atoms with Crippen LogP contribution in [0.25, 0.3) is 0 Å². The van der Waals surface area contributed by atoms with Crippen LogP contribution in [0.1, 0.15) is 24.9 Å². The molecule has 1 unspecified atom stereocenters. The Bertz CT molecular complexity index is 1320. The normalized spacial score (nSPS) is 15.9. The Labute approximate surface area is 208 Å². The number of benzene rings is 3. The summed E-state index contributed by atoms with van der Waals surface area (Å²) in [4.78, 5) is -0.408. The van der Waals surface area contributed by atoms with Crippen molar-refractivity contribution < 1.29 is 17.5 Å². The largest absolute Gasteiger partial charge is 0.494 e. The third kappa shape index (κ3) is 5.36. The van der Waals surface area contributed by atoms with E-state index in [1.807, 2.05) is 31.2 Å². The first-order valence-corrected chi connectivity index (χ1v) is 12.8. The molecule has 6 nitrogen and oxygen atoms in total. The lowest BCUT2D eigenvalue weighted by Crippen LogP contribution is -2.29. The van der Waals surface area contributed by atoms with Gasteiger partial charge in [0.1, 0.15) is 16.5 Å². The number of nitrogens with one attached hydrogen (secondary N) is 1. The molecule has 1 N–H and O–H groups in total. The molecule has 10 heteroatoms. The predicted octanol–water partition coefficient (Wildman–Crippen LogP) is 5.82. The Hall–Kier alpha value is -2.65. The Morgan fingerprint density at radius 3 is 2.53 bits per heavy atom. The first-order valence-electron chi connectivity index (χ1n) is 10.6. The van der Waals surface area contributed by atoms with Crippen molar-refractivity contribution in [1.82, 2.24) is 4.72 Å². The third-order valence-electron chi connectivity index (χ3n) is 5.30. The van der Waals surface area contributed by atoms with Gasteiger partial charge in [0.25, 0.3) is 0 Å². The molecular formula is C24H22Cl2FN3O3S. The molecule has 3 aromatic carbocycles. The lowest BCUT2D eigenvalue weighted by atomic mass is 10.0.